The first-order chi connectivity index (χ1) is 13.0. The van der Waals surface area contributed by atoms with Crippen molar-refractivity contribution in [1.82, 2.24) is 15.0 Å². The number of aromatic nitrogens is 3. The Balaban J connectivity index is 1.68. The Bertz CT molecular complexity index is 1120. The maximum atomic E-state index is 9.93. The molecule has 27 heavy (non-hydrogen) atoms. The minimum absolute atomic E-state index is 0.256. The fourth-order valence-electron chi connectivity index (χ4n) is 2.84. The summed E-state index contributed by atoms with van der Waals surface area (Å²) in [4.78, 5) is 14.5. The van der Waals surface area contributed by atoms with Gasteiger partial charge in [0.05, 0.1) is 0 Å². The van der Waals surface area contributed by atoms with Gasteiger partial charge in [0.15, 0.2) is 0 Å². The molecule has 0 saturated heterocycles. The third-order valence-corrected chi connectivity index (χ3v) is 9.19. The molecule has 0 spiro atoms. The van der Waals surface area contributed by atoms with Crippen LogP contribution in [0.2, 0.25) is 0 Å². The Labute approximate surface area is 168 Å². The molecule has 136 valence electrons. The SMILES string of the molecule is Cc1ccc(Nc2ncnc3sc([AsH]c4c(C)cccc4C)nc23)cc1O. The summed E-state index contributed by atoms with van der Waals surface area (Å²) in [6.45, 7) is 6.19. The number of rotatable bonds is 4. The van der Waals surface area contributed by atoms with Gasteiger partial charge in [-0.3, -0.25) is 0 Å². The summed E-state index contributed by atoms with van der Waals surface area (Å²) >= 11 is 1.11. The van der Waals surface area contributed by atoms with Crippen LogP contribution in [0.15, 0.2) is 42.7 Å². The predicted molar refractivity (Wildman–Crippen MR) is 114 cm³/mol. The quantitative estimate of drug-likeness (QED) is 0.480. The van der Waals surface area contributed by atoms with Gasteiger partial charge in [-0.15, -0.1) is 0 Å². The topological polar surface area (TPSA) is 70.9 Å². The number of hydrogen-bond acceptors (Lipinski definition) is 6. The third-order valence-electron chi connectivity index (χ3n) is 4.38. The van der Waals surface area contributed by atoms with E-state index >= 15 is 0 Å². The van der Waals surface area contributed by atoms with Gasteiger partial charge in [-0.05, 0) is 0 Å². The van der Waals surface area contributed by atoms with Gasteiger partial charge >= 0.3 is 168 Å². The van der Waals surface area contributed by atoms with E-state index < -0.39 is 15.8 Å². The minimum atomic E-state index is -0.532. The Kier molecular flexibility index (Phi) is 4.85. The van der Waals surface area contributed by atoms with E-state index in [9.17, 15) is 5.11 Å². The first-order valence-corrected chi connectivity index (χ1v) is 11.4. The van der Waals surface area contributed by atoms with Crippen LogP contribution in [0.1, 0.15) is 16.7 Å². The van der Waals surface area contributed by atoms with E-state index in [1.165, 1.54) is 15.5 Å². The number of aromatic hydroxyl groups is 1. The maximum absolute atomic E-state index is 9.93. The van der Waals surface area contributed by atoms with Crippen molar-refractivity contribution in [3.8, 4) is 5.75 Å². The molecule has 0 amide bonds. The number of thiazole rings is 1. The summed E-state index contributed by atoms with van der Waals surface area (Å²) in [7, 11) is 0. The molecular formula is C20H19AsN4OS. The normalized spacial score (nSPS) is 11.5. The van der Waals surface area contributed by atoms with Gasteiger partial charge in [0.25, 0.3) is 0 Å². The molecule has 7 heteroatoms. The standard InChI is InChI=1S/C20H19AsN4OS/c1-11-7-8-14(9-15(11)26)24-18-17-19(23-10-22-18)27-20(25-17)21-16-12(2)5-4-6-13(16)3/h4-10,21,26H,1-3H3,(H,22,23,24). The summed E-state index contributed by atoms with van der Waals surface area (Å²) in [6, 6.07) is 11.9. The van der Waals surface area contributed by atoms with E-state index in [1.807, 2.05) is 19.1 Å². The van der Waals surface area contributed by atoms with Crippen molar-refractivity contribution in [3.05, 3.63) is 59.4 Å². The van der Waals surface area contributed by atoms with Crippen LogP contribution in [-0.2, 0) is 0 Å². The molecule has 2 N–H and O–H groups in total. The van der Waals surface area contributed by atoms with Crippen LogP contribution in [0.3, 0.4) is 0 Å². The molecule has 1 atom stereocenters. The van der Waals surface area contributed by atoms with Crippen molar-refractivity contribution in [2.75, 3.05) is 5.32 Å². The van der Waals surface area contributed by atoms with Crippen LogP contribution in [0, 0.1) is 20.8 Å². The first kappa shape index (κ1) is 18.0. The van der Waals surface area contributed by atoms with Crippen molar-refractivity contribution in [2.24, 2.45) is 0 Å². The molecule has 2 heterocycles. The molecule has 1 unspecified atom stereocenters. The number of nitrogens with zero attached hydrogens (tertiary/aromatic N) is 3. The van der Waals surface area contributed by atoms with Gasteiger partial charge in [0, 0.05) is 0 Å². The van der Waals surface area contributed by atoms with Crippen molar-refractivity contribution in [1.29, 1.82) is 0 Å². The van der Waals surface area contributed by atoms with Crippen LogP contribution in [-0.4, -0.2) is 35.8 Å². The van der Waals surface area contributed by atoms with Gasteiger partial charge in [-0.25, -0.2) is 0 Å². The summed E-state index contributed by atoms with van der Waals surface area (Å²) < 4.78 is 2.57. The molecule has 0 bridgehead atoms. The van der Waals surface area contributed by atoms with Crippen LogP contribution in [0.25, 0.3) is 10.3 Å². The van der Waals surface area contributed by atoms with Crippen molar-refractivity contribution >= 4 is 57.1 Å². The van der Waals surface area contributed by atoms with E-state index in [0.717, 1.165) is 25.4 Å². The predicted octanol–water partition coefficient (Wildman–Crippen LogP) is 2.85. The molecular weight excluding hydrogens is 419 g/mol. The fourth-order valence-corrected chi connectivity index (χ4v) is 6.99. The summed E-state index contributed by atoms with van der Waals surface area (Å²) in [5.74, 6) is 0.921. The van der Waals surface area contributed by atoms with E-state index in [-0.39, 0.29) is 5.75 Å². The van der Waals surface area contributed by atoms with Crippen molar-refractivity contribution < 1.29 is 5.11 Å². The van der Waals surface area contributed by atoms with E-state index in [0.29, 0.717) is 5.82 Å². The molecule has 0 fully saturated rings. The van der Waals surface area contributed by atoms with Gasteiger partial charge in [0.1, 0.15) is 0 Å². The van der Waals surface area contributed by atoms with Gasteiger partial charge < -0.3 is 0 Å². The third kappa shape index (κ3) is 3.68. The molecule has 2 aromatic heterocycles. The number of phenols is 1. The average Bonchev–Trinajstić information content (AvgIpc) is 3.05. The Morgan fingerprint density at radius 1 is 1.00 bits per heavy atom. The molecule has 0 aliphatic rings. The van der Waals surface area contributed by atoms with E-state index in [4.69, 9.17) is 4.98 Å². The summed E-state index contributed by atoms with van der Waals surface area (Å²) in [6.07, 6.45) is 1.56. The molecule has 4 aromatic rings. The Morgan fingerprint density at radius 2 is 1.78 bits per heavy atom. The molecule has 2 aromatic carbocycles. The molecule has 0 radical (unpaired) electrons. The number of nitrogens with one attached hydrogen (secondary N) is 1. The number of fused-ring (bicyclic) bond motifs is 1. The molecule has 5 nitrogen and oxygen atoms in total. The fraction of sp³-hybridized carbons (Fsp3) is 0.150. The first-order valence-electron chi connectivity index (χ1n) is 8.52. The molecule has 4 rings (SSSR count). The zero-order valence-corrected chi connectivity index (χ0v) is 18.2. The van der Waals surface area contributed by atoms with E-state index in [2.05, 4.69) is 47.3 Å². The number of aryl methyl sites for hydroxylation is 3. The van der Waals surface area contributed by atoms with E-state index in [1.54, 1.807) is 23.7 Å². The van der Waals surface area contributed by atoms with Gasteiger partial charge in [-0.2, -0.15) is 0 Å². The monoisotopic (exact) mass is 438 g/mol. The van der Waals surface area contributed by atoms with Gasteiger partial charge in [-0.1, -0.05) is 0 Å². The van der Waals surface area contributed by atoms with Crippen LogP contribution < -0.4 is 13.5 Å². The molecule has 0 saturated carbocycles. The second-order valence-corrected chi connectivity index (χ2v) is 10.7. The van der Waals surface area contributed by atoms with Crippen molar-refractivity contribution in [3.63, 3.8) is 0 Å². The average molecular weight is 438 g/mol. The zero-order chi connectivity index (χ0) is 19.0. The Morgan fingerprint density at radius 3 is 2.52 bits per heavy atom. The van der Waals surface area contributed by atoms with Crippen LogP contribution in [0.5, 0.6) is 5.75 Å². The second-order valence-electron chi connectivity index (χ2n) is 6.41. The number of benzene rings is 2. The summed E-state index contributed by atoms with van der Waals surface area (Å²) in [5, 5.41) is 13.2. The zero-order valence-electron chi connectivity index (χ0n) is 15.2. The second kappa shape index (κ2) is 7.29. The van der Waals surface area contributed by atoms with Gasteiger partial charge in [0.2, 0.25) is 0 Å². The number of phenolic OH excluding ortho intramolecular Hbond substituents is 1. The molecule has 0 aliphatic heterocycles. The number of anilines is 2. The molecule has 0 aliphatic carbocycles. The van der Waals surface area contributed by atoms with Crippen molar-refractivity contribution in [2.45, 2.75) is 20.8 Å². The Hall–Kier alpha value is -2.43. The van der Waals surface area contributed by atoms with Crippen LogP contribution in [0.4, 0.5) is 11.5 Å². The number of hydrogen-bond donors (Lipinski definition) is 2. The van der Waals surface area contributed by atoms with Crippen LogP contribution >= 0.6 is 11.3 Å². The summed E-state index contributed by atoms with van der Waals surface area (Å²) in [5.41, 5.74) is 5.05.